The van der Waals surface area contributed by atoms with E-state index < -0.39 is 0 Å². The van der Waals surface area contributed by atoms with Gasteiger partial charge in [0.2, 0.25) is 0 Å². The first-order chi connectivity index (χ1) is 3.43. The Bertz CT molecular complexity index is 54.4. The molecular formula is C5H12INS. The van der Waals surface area contributed by atoms with E-state index in [4.69, 9.17) is 0 Å². The maximum Gasteiger partial charge on any atom is 0.0181 e. The van der Waals surface area contributed by atoms with Gasteiger partial charge >= 0.3 is 0 Å². The van der Waals surface area contributed by atoms with Crippen LogP contribution in [0.15, 0.2) is 0 Å². The molecule has 0 bridgehead atoms. The standard InChI is InChI=1S/C5H11NS.HI/c1-7-5-2-3-6-4-5;/h5-6H,2-4H2,1H3;1H. The number of rotatable bonds is 1. The van der Waals surface area contributed by atoms with E-state index >= 15 is 0 Å². The van der Waals surface area contributed by atoms with Gasteiger partial charge in [-0.2, -0.15) is 11.8 Å². The minimum absolute atomic E-state index is 0. The van der Waals surface area contributed by atoms with Crippen molar-refractivity contribution >= 4 is 35.7 Å². The van der Waals surface area contributed by atoms with E-state index in [2.05, 4.69) is 11.6 Å². The average Bonchev–Trinajstić information content (AvgIpc) is 2.14. The highest BCUT2D eigenvalue weighted by molar-refractivity contribution is 14.0. The van der Waals surface area contributed by atoms with Crippen LogP contribution in [-0.4, -0.2) is 24.6 Å². The van der Waals surface area contributed by atoms with Gasteiger partial charge in [-0.3, -0.25) is 0 Å². The van der Waals surface area contributed by atoms with Crippen LogP contribution in [0.4, 0.5) is 0 Å². The number of thioether (sulfide) groups is 1. The van der Waals surface area contributed by atoms with Gasteiger partial charge in [0.1, 0.15) is 0 Å². The number of halogens is 1. The third-order valence-corrected chi connectivity index (χ3v) is 2.42. The molecule has 0 saturated carbocycles. The summed E-state index contributed by atoms with van der Waals surface area (Å²) in [5.74, 6) is 0. The van der Waals surface area contributed by atoms with E-state index in [0.29, 0.717) is 0 Å². The molecule has 0 aromatic heterocycles. The summed E-state index contributed by atoms with van der Waals surface area (Å²) in [5, 5.41) is 4.21. The van der Waals surface area contributed by atoms with Crippen LogP contribution in [0.3, 0.4) is 0 Å². The molecule has 8 heavy (non-hydrogen) atoms. The number of nitrogens with one attached hydrogen (secondary N) is 1. The van der Waals surface area contributed by atoms with Crippen molar-refractivity contribution in [3.8, 4) is 0 Å². The lowest BCUT2D eigenvalue weighted by Crippen LogP contribution is -2.09. The summed E-state index contributed by atoms with van der Waals surface area (Å²) < 4.78 is 0. The van der Waals surface area contributed by atoms with Crippen molar-refractivity contribution in [2.45, 2.75) is 11.7 Å². The van der Waals surface area contributed by atoms with Gasteiger partial charge in [0.05, 0.1) is 0 Å². The summed E-state index contributed by atoms with van der Waals surface area (Å²) >= 11 is 1.97. The summed E-state index contributed by atoms with van der Waals surface area (Å²) in [6.07, 6.45) is 3.54. The summed E-state index contributed by atoms with van der Waals surface area (Å²) in [7, 11) is 0. The number of hydrogen-bond donors (Lipinski definition) is 1. The molecule has 1 N–H and O–H groups in total. The van der Waals surface area contributed by atoms with Crippen molar-refractivity contribution in [1.29, 1.82) is 0 Å². The fourth-order valence-corrected chi connectivity index (χ4v) is 1.47. The van der Waals surface area contributed by atoms with Gasteiger partial charge in [-0.15, -0.1) is 24.0 Å². The first-order valence-electron chi connectivity index (χ1n) is 2.67. The highest BCUT2D eigenvalue weighted by Crippen LogP contribution is 2.12. The predicted octanol–water partition coefficient (Wildman–Crippen LogP) is 1.33. The molecule has 50 valence electrons. The van der Waals surface area contributed by atoms with Crippen molar-refractivity contribution < 1.29 is 0 Å². The Morgan fingerprint density at radius 3 is 2.62 bits per heavy atom. The predicted molar refractivity (Wildman–Crippen MR) is 50.2 cm³/mol. The van der Waals surface area contributed by atoms with E-state index in [1.807, 2.05) is 11.8 Å². The van der Waals surface area contributed by atoms with Crippen LogP contribution < -0.4 is 5.32 Å². The van der Waals surface area contributed by atoms with Gasteiger partial charge in [0.25, 0.3) is 0 Å². The molecule has 0 radical (unpaired) electrons. The van der Waals surface area contributed by atoms with Crippen molar-refractivity contribution in [1.82, 2.24) is 5.32 Å². The zero-order chi connectivity index (χ0) is 5.11. The molecule has 1 saturated heterocycles. The van der Waals surface area contributed by atoms with Crippen LogP contribution in [0.2, 0.25) is 0 Å². The van der Waals surface area contributed by atoms with Crippen molar-refractivity contribution in [2.24, 2.45) is 0 Å². The Hall–Kier alpha value is 1.04. The smallest absolute Gasteiger partial charge is 0.0181 e. The molecule has 1 atom stereocenters. The van der Waals surface area contributed by atoms with Crippen LogP contribution >= 0.6 is 35.7 Å². The second kappa shape index (κ2) is 4.88. The van der Waals surface area contributed by atoms with E-state index in [1.54, 1.807) is 0 Å². The van der Waals surface area contributed by atoms with Gasteiger partial charge in [0, 0.05) is 11.8 Å². The molecule has 0 spiro atoms. The second-order valence-electron chi connectivity index (χ2n) is 1.85. The van der Waals surface area contributed by atoms with E-state index in [0.717, 1.165) is 5.25 Å². The summed E-state index contributed by atoms with van der Waals surface area (Å²) in [4.78, 5) is 0. The van der Waals surface area contributed by atoms with E-state index in [-0.39, 0.29) is 24.0 Å². The Kier molecular flexibility index (Phi) is 5.51. The fraction of sp³-hybridized carbons (Fsp3) is 1.00. The van der Waals surface area contributed by atoms with Gasteiger partial charge in [-0.1, -0.05) is 0 Å². The summed E-state index contributed by atoms with van der Waals surface area (Å²) in [5.41, 5.74) is 0. The largest absolute Gasteiger partial charge is 0.316 e. The highest BCUT2D eigenvalue weighted by Gasteiger charge is 2.10. The molecule has 1 rings (SSSR count). The molecule has 0 aromatic rings. The zero-order valence-corrected chi connectivity index (χ0v) is 8.16. The average molecular weight is 245 g/mol. The molecule has 1 unspecified atom stereocenters. The Morgan fingerprint density at radius 2 is 2.38 bits per heavy atom. The quantitative estimate of drug-likeness (QED) is 0.699. The Balaban J connectivity index is 0.000000490. The maximum absolute atomic E-state index is 3.30. The molecule has 0 aromatic carbocycles. The van der Waals surface area contributed by atoms with Crippen LogP contribution in [-0.2, 0) is 0 Å². The summed E-state index contributed by atoms with van der Waals surface area (Å²) in [6, 6.07) is 0. The Morgan fingerprint density at radius 1 is 1.62 bits per heavy atom. The van der Waals surface area contributed by atoms with Gasteiger partial charge in [-0.25, -0.2) is 0 Å². The molecule has 1 aliphatic rings. The van der Waals surface area contributed by atoms with Crippen molar-refractivity contribution in [3.63, 3.8) is 0 Å². The molecule has 0 amide bonds. The third kappa shape index (κ3) is 2.55. The molecule has 0 aliphatic carbocycles. The molecule has 3 heteroatoms. The lowest BCUT2D eigenvalue weighted by atomic mass is 10.4. The normalized spacial score (nSPS) is 27.4. The SMILES string of the molecule is CSC1CCNC1.I. The first-order valence-corrected chi connectivity index (χ1v) is 3.96. The van der Waals surface area contributed by atoms with Gasteiger partial charge in [0.15, 0.2) is 0 Å². The van der Waals surface area contributed by atoms with Crippen molar-refractivity contribution in [2.75, 3.05) is 19.3 Å². The van der Waals surface area contributed by atoms with Crippen molar-refractivity contribution in [3.05, 3.63) is 0 Å². The van der Waals surface area contributed by atoms with E-state index in [1.165, 1.54) is 19.5 Å². The second-order valence-corrected chi connectivity index (χ2v) is 2.99. The molecular weight excluding hydrogens is 233 g/mol. The lowest BCUT2D eigenvalue weighted by Gasteiger charge is -1.98. The molecule has 1 nitrogen and oxygen atoms in total. The molecule has 1 heterocycles. The lowest BCUT2D eigenvalue weighted by molar-refractivity contribution is 0.858. The van der Waals surface area contributed by atoms with Crippen LogP contribution in [0.5, 0.6) is 0 Å². The minimum Gasteiger partial charge on any atom is -0.316 e. The fourth-order valence-electron chi connectivity index (χ4n) is 0.829. The maximum atomic E-state index is 3.30. The van der Waals surface area contributed by atoms with E-state index in [9.17, 15) is 0 Å². The topological polar surface area (TPSA) is 12.0 Å². The number of hydrogen-bond acceptors (Lipinski definition) is 2. The van der Waals surface area contributed by atoms with Crippen LogP contribution in [0.25, 0.3) is 0 Å². The van der Waals surface area contributed by atoms with Gasteiger partial charge < -0.3 is 5.32 Å². The van der Waals surface area contributed by atoms with Crippen LogP contribution in [0.1, 0.15) is 6.42 Å². The monoisotopic (exact) mass is 245 g/mol. The minimum atomic E-state index is 0. The Labute approximate surface area is 72.0 Å². The highest BCUT2D eigenvalue weighted by atomic mass is 127. The zero-order valence-electron chi connectivity index (χ0n) is 5.02. The van der Waals surface area contributed by atoms with Gasteiger partial charge in [-0.05, 0) is 19.2 Å². The third-order valence-electron chi connectivity index (χ3n) is 1.35. The summed E-state index contributed by atoms with van der Waals surface area (Å²) in [6.45, 7) is 2.45. The first kappa shape index (κ1) is 9.04. The molecule has 1 aliphatic heterocycles. The van der Waals surface area contributed by atoms with Crippen LogP contribution in [0, 0.1) is 0 Å². The molecule has 1 fully saturated rings.